The van der Waals surface area contributed by atoms with Gasteiger partial charge in [-0.3, -0.25) is 9.59 Å². The quantitative estimate of drug-likeness (QED) is 0.795. The lowest BCUT2D eigenvalue weighted by molar-refractivity contribution is -0.128. The molecule has 0 aromatic carbocycles. The summed E-state index contributed by atoms with van der Waals surface area (Å²) in [5.74, 6) is -0.416. The molecule has 0 atom stereocenters. The van der Waals surface area contributed by atoms with Gasteiger partial charge < -0.3 is 16.4 Å². The third kappa shape index (κ3) is 2.97. The van der Waals surface area contributed by atoms with Gasteiger partial charge in [0.05, 0.1) is 11.1 Å². The Hall–Kier alpha value is -2.15. The minimum Gasteiger partial charge on any atom is -0.397 e. The fourth-order valence-corrected chi connectivity index (χ4v) is 2.90. The van der Waals surface area contributed by atoms with E-state index < -0.39 is 5.41 Å². The summed E-state index contributed by atoms with van der Waals surface area (Å²) in [5.41, 5.74) is 5.74. The first-order valence-electron chi connectivity index (χ1n) is 6.50. The lowest BCUT2D eigenvalue weighted by Gasteiger charge is -2.22. The average Bonchev–Trinajstić information content (AvgIpc) is 2.81. The number of rotatable bonds is 4. The molecule has 0 aliphatic rings. The molecule has 2 heterocycles. The van der Waals surface area contributed by atoms with Crippen molar-refractivity contribution in [2.45, 2.75) is 13.8 Å². The highest BCUT2D eigenvalue weighted by atomic mass is 32.1. The van der Waals surface area contributed by atoms with Crippen molar-refractivity contribution < 1.29 is 9.59 Å². The van der Waals surface area contributed by atoms with Gasteiger partial charge in [-0.05, 0) is 26.0 Å². The molecule has 4 N–H and O–H groups in total. The van der Waals surface area contributed by atoms with Gasteiger partial charge in [0.2, 0.25) is 5.91 Å². The predicted molar refractivity (Wildman–Crippen MR) is 84.2 cm³/mol. The van der Waals surface area contributed by atoms with Gasteiger partial charge in [-0.1, -0.05) is 0 Å². The Kier molecular flexibility index (Phi) is 4.13. The number of amides is 2. The molecule has 0 aliphatic heterocycles. The molecule has 112 valence electrons. The predicted octanol–water partition coefficient (Wildman–Crippen LogP) is 1.38. The summed E-state index contributed by atoms with van der Waals surface area (Å²) in [7, 11) is 1.57. The second kappa shape index (κ2) is 5.69. The topological polar surface area (TPSA) is 97.1 Å². The van der Waals surface area contributed by atoms with E-state index >= 15 is 0 Å². The number of nitrogens with one attached hydrogen (secondary N) is 2. The number of carbonyl (C=O) groups excluding carboxylic acids is 2. The fraction of sp³-hybridized carbons (Fsp3) is 0.357. The maximum absolute atomic E-state index is 12.3. The number of pyridine rings is 1. The Morgan fingerprint density at radius 1 is 1.43 bits per heavy atom. The minimum absolute atomic E-state index is 0.131. The van der Waals surface area contributed by atoms with Gasteiger partial charge in [0.15, 0.2) is 0 Å². The fourth-order valence-electron chi connectivity index (χ4n) is 1.92. The van der Waals surface area contributed by atoms with Gasteiger partial charge in [0, 0.05) is 25.2 Å². The summed E-state index contributed by atoms with van der Waals surface area (Å²) in [4.78, 5) is 29.3. The van der Waals surface area contributed by atoms with Crippen LogP contribution in [0.25, 0.3) is 10.2 Å². The average molecular weight is 306 g/mol. The first-order chi connectivity index (χ1) is 9.86. The number of nitrogens with two attached hydrogens (primary N) is 1. The molecule has 2 amide bonds. The minimum atomic E-state index is -0.686. The van der Waals surface area contributed by atoms with Gasteiger partial charge in [0.25, 0.3) is 5.91 Å². The second-order valence-corrected chi connectivity index (χ2v) is 6.35. The number of hydrogen-bond acceptors (Lipinski definition) is 5. The summed E-state index contributed by atoms with van der Waals surface area (Å²) >= 11 is 1.25. The van der Waals surface area contributed by atoms with E-state index in [2.05, 4.69) is 15.6 Å². The zero-order valence-electron chi connectivity index (χ0n) is 12.2. The van der Waals surface area contributed by atoms with Gasteiger partial charge in [-0.15, -0.1) is 11.3 Å². The molecule has 0 aliphatic carbocycles. The van der Waals surface area contributed by atoms with Crippen molar-refractivity contribution in [2.24, 2.45) is 5.41 Å². The second-order valence-electron chi connectivity index (χ2n) is 5.35. The van der Waals surface area contributed by atoms with E-state index in [1.54, 1.807) is 33.2 Å². The Balaban J connectivity index is 2.16. The molecular formula is C14H18N4O2S. The summed E-state index contributed by atoms with van der Waals surface area (Å²) in [6.45, 7) is 3.76. The highest BCUT2D eigenvalue weighted by molar-refractivity contribution is 7.21. The largest absolute Gasteiger partial charge is 0.397 e. The number of hydrogen-bond donors (Lipinski definition) is 3. The van der Waals surface area contributed by atoms with Crippen molar-refractivity contribution in [2.75, 3.05) is 19.3 Å². The van der Waals surface area contributed by atoms with E-state index in [1.165, 1.54) is 11.3 Å². The molecule has 0 bridgehead atoms. The standard InChI is InChI=1S/C14H18N4O2S/c1-14(2,13(20)16-3)7-18-11(19)10-9(15)8-5-4-6-17-12(8)21-10/h4-6H,7,15H2,1-3H3,(H,16,20)(H,18,19). The van der Waals surface area contributed by atoms with Crippen LogP contribution in [0.15, 0.2) is 18.3 Å². The van der Waals surface area contributed by atoms with Crippen LogP contribution in [-0.4, -0.2) is 30.4 Å². The van der Waals surface area contributed by atoms with Crippen molar-refractivity contribution in [3.8, 4) is 0 Å². The molecule has 2 aromatic rings. The maximum Gasteiger partial charge on any atom is 0.263 e. The van der Waals surface area contributed by atoms with Crippen molar-refractivity contribution in [3.05, 3.63) is 23.2 Å². The number of aromatic nitrogens is 1. The molecule has 2 aromatic heterocycles. The molecule has 0 radical (unpaired) electrons. The molecule has 0 saturated carbocycles. The number of nitrogen functional groups attached to an aromatic ring is 1. The molecule has 0 saturated heterocycles. The van der Waals surface area contributed by atoms with Gasteiger partial charge in [0.1, 0.15) is 9.71 Å². The smallest absolute Gasteiger partial charge is 0.263 e. The number of anilines is 1. The third-order valence-corrected chi connectivity index (χ3v) is 4.37. The van der Waals surface area contributed by atoms with Gasteiger partial charge in [-0.2, -0.15) is 0 Å². The lowest BCUT2D eigenvalue weighted by atomic mass is 9.92. The van der Waals surface area contributed by atoms with Crippen LogP contribution in [0.3, 0.4) is 0 Å². The summed E-state index contributed by atoms with van der Waals surface area (Å²) in [6.07, 6.45) is 1.66. The Labute approximate surface area is 126 Å². The van der Waals surface area contributed by atoms with Crippen LogP contribution in [0.1, 0.15) is 23.5 Å². The maximum atomic E-state index is 12.3. The number of carbonyl (C=O) groups is 2. The van der Waals surface area contributed by atoms with Gasteiger partial charge in [-0.25, -0.2) is 4.98 Å². The number of fused-ring (bicyclic) bond motifs is 1. The first kappa shape index (κ1) is 15.2. The summed E-state index contributed by atoms with van der Waals surface area (Å²) in [5, 5.41) is 6.11. The number of nitrogens with zero attached hydrogens (tertiary/aromatic N) is 1. The summed E-state index contributed by atoms with van der Waals surface area (Å²) < 4.78 is 0. The highest BCUT2D eigenvalue weighted by Crippen LogP contribution is 2.31. The van der Waals surface area contributed by atoms with E-state index in [1.807, 2.05) is 6.07 Å². The highest BCUT2D eigenvalue weighted by Gasteiger charge is 2.28. The summed E-state index contributed by atoms with van der Waals surface area (Å²) in [6, 6.07) is 3.61. The van der Waals surface area contributed by atoms with Crippen LogP contribution in [-0.2, 0) is 4.79 Å². The van der Waals surface area contributed by atoms with Crippen molar-refractivity contribution >= 4 is 39.1 Å². The van der Waals surface area contributed by atoms with Crippen LogP contribution in [0.5, 0.6) is 0 Å². The molecule has 2 rings (SSSR count). The van der Waals surface area contributed by atoms with Crippen LogP contribution in [0, 0.1) is 5.41 Å². The Bertz CT molecular complexity index is 693. The number of thiophene rings is 1. The van der Waals surface area contributed by atoms with Gasteiger partial charge >= 0.3 is 0 Å². The van der Waals surface area contributed by atoms with E-state index in [4.69, 9.17) is 5.73 Å². The molecular weight excluding hydrogens is 288 g/mol. The van der Waals surface area contributed by atoms with E-state index in [9.17, 15) is 9.59 Å². The van der Waals surface area contributed by atoms with Crippen LogP contribution < -0.4 is 16.4 Å². The van der Waals surface area contributed by atoms with Crippen LogP contribution in [0.2, 0.25) is 0 Å². The monoisotopic (exact) mass is 306 g/mol. The SMILES string of the molecule is CNC(=O)C(C)(C)CNC(=O)c1sc2ncccc2c1N. The van der Waals surface area contributed by atoms with Crippen LogP contribution >= 0.6 is 11.3 Å². The molecule has 6 nitrogen and oxygen atoms in total. The van der Waals surface area contributed by atoms with Crippen LogP contribution in [0.4, 0.5) is 5.69 Å². The lowest BCUT2D eigenvalue weighted by Crippen LogP contribution is -2.43. The molecule has 0 spiro atoms. The zero-order chi connectivity index (χ0) is 15.6. The van der Waals surface area contributed by atoms with Crippen molar-refractivity contribution in [1.29, 1.82) is 0 Å². The van der Waals surface area contributed by atoms with E-state index in [-0.39, 0.29) is 18.4 Å². The van der Waals surface area contributed by atoms with Crippen molar-refractivity contribution in [1.82, 2.24) is 15.6 Å². The molecule has 0 fully saturated rings. The first-order valence-corrected chi connectivity index (χ1v) is 7.32. The molecule has 7 heteroatoms. The van der Waals surface area contributed by atoms with E-state index in [0.717, 1.165) is 10.2 Å². The Morgan fingerprint density at radius 3 is 2.76 bits per heavy atom. The normalized spacial score (nSPS) is 11.4. The Morgan fingerprint density at radius 2 is 2.14 bits per heavy atom. The molecule has 0 unspecified atom stereocenters. The van der Waals surface area contributed by atoms with E-state index in [0.29, 0.717) is 10.6 Å². The third-order valence-electron chi connectivity index (χ3n) is 3.24. The zero-order valence-corrected chi connectivity index (χ0v) is 13.0. The van der Waals surface area contributed by atoms with Crippen molar-refractivity contribution in [3.63, 3.8) is 0 Å². The molecule has 21 heavy (non-hydrogen) atoms.